The van der Waals surface area contributed by atoms with E-state index in [4.69, 9.17) is 0 Å². The molecule has 0 atom stereocenters. The highest BCUT2D eigenvalue weighted by Gasteiger charge is 2.16. The molecule has 0 aromatic carbocycles. The largest absolute Gasteiger partial charge is 0.335 e. The van der Waals surface area contributed by atoms with Crippen LogP contribution in [0.5, 0.6) is 0 Å². The molecule has 0 aliphatic carbocycles. The molecule has 14 heavy (non-hydrogen) atoms. The molecular weight excluding hydrogens is 198 g/mol. The summed E-state index contributed by atoms with van der Waals surface area (Å²) < 4.78 is 1.47. The smallest absolute Gasteiger partial charge is 0.327 e. The molecule has 4 nitrogen and oxygen atoms in total. The molecule has 0 radical (unpaired) electrons. The van der Waals surface area contributed by atoms with Crippen molar-refractivity contribution in [1.82, 2.24) is 14.9 Å². The van der Waals surface area contributed by atoms with Gasteiger partial charge in [-0.2, -0.15) is 11.8 Å². The Kier molecular flexibility index (Phi) is 3.08. The van der Waals surface area contributed by atoms with Crippen molar-refractivity contribution < 1.29 is 4.79 Å². The first kappa shape index (κ1) is 9.58. The van der Waals surface area contributed by atoms with Crippen LogP contribution in [0.25, 0.3) is 0 Å². The number of carbonyl (C=O) groups is 1. The summed E-state index contributed by atoms with van der Waals surface area (Å²) in [5, 5.41) is 2.99. The number of thioether (sulfide) groups is 1. The number of hydrogen-bond acceptors (Lipinski definition) is 3. The van der Waals surface area contributed by atoms with Gasteiger partial charge in [-0.3, -0.25) is 4.57 Å². The Morgan fingerprint density at radius 3 is 2.93 bits per heavy atom. The van der Waals surface area contributed by atoms with Gasteiger partial charge in [0.2, 0.25) is 0 Å². The fourth-order valence-electron chi connectivity index (χ4n) is 1.47. The minimum Gasteiger partial charge on any atom is -0.335 e. The van der Waals surface area contributed by atoms with E-state index in [1.54, 1.807) is 12.4 Å². The predicted octanol–water partition coefficient (Wildman–Crippen LogP) is 1.34. The van der Waals surface area contributed by atoms with Gasteiger partial charge in [-0.25, -0.2) is 9.78 Å². The van der Waals surface area contributed by atoms with Gasteiger partial charge in [0.25, 0.3) is 0 Å². The summed E-state index contributed by atoms with van der Waals surface area (Å²) >= 11 is 1.95. The van der Waals surface area contributed by atoms with Crippen LogP contribution in [0.15, 0.2) is 18.7 Å². The zero-order chi connectivity index (χ0) is 9.80. The lowest BCUT2D eigenvalue weighted by atomic mass is 10.2. The third kappa shape index (κ3) is 2.29. The van der Waals surface area contributed by atoms with Gasteiger partial charge in [0.1, 0.15) is 6.33 Å². The highest BCUT2D eigenvalue weighted by Crippen LogP contribution is 2.16. The highest BCUT2D eigenvalue weighted by molar-refractivity contribution is 7.99. The van der Waals surface area contributed by atoms with Gasteiger partial charge in [-0.05, 0) is 24.3 Å². The predicted molar refractivity (Wildman–Crippen MR) is 56.5 cm³/mol. The first-order valence-electron chi connectivity index (χ1n) is 4.73. The molecule has 5 heteroatoms. The van der Waals surface area contributed by atoms with Gasteiger partial charge >= 0.3 is 6.03 Å². The van der Waals surface area contributed by atoms with Crippen molar-refractivity contribution in [3.05, 3.63) is 18.7 Å². The average Bonchev–Trinajstić information content (AvgIpc) is 2.72. The van der Waals surface area contributed by atoms with Crippen LogP contribution in [0.2, 0.25) is 0 Å². The van der Waals surface area contributed by atoms with Crippen LogP contribution in [0.3, 0.4) is 0 Å². The molecule has 0 bridgehead atoms. The second kappa shape index (κ2) is 4.50. The van der Waals surface area contributed by atoms with E-state index in [0.29, 0.717) is 6.04 Å². The molecule has 1 amide bonds. The Morgan fingerprint density at radius 2 is 2.29 bits per heavy atom. The normalized spacial score (nSPS) is 18.0. The van der Waals surface area contributed by atoms with Gasteiger partial charge in [0.05, 0.1) is 0 Å². The van der Waals surface area contributed by atoms with Crippen molar-refractivity contribution in [3.8, 4) is 0 Å². The molecule has 0 unspecified atom stereocenters. The van der Waals surface area contributed by atoms with Gasteiger partial charge in [-0.15, -0.1) is 0 Å². The fourth-order valence-corrected chi connectivity index (χ4v) is 2.58. The topological polar surface area (TPSA) is 46.9 Å². The van der Waals surface area contributed by atoms with E-state index in [1.807, 2.05) is 11.8 Å². The highest BCUT2D eigenvalue weighted by atomic mass is 32.2. The third-order valence-corrected chi connectivity index (χ3v) is 3.34. The van der Waals surface area contributed by atoms with Crippen molar-refractivity contribution in [2.24, 2.45) is 0 Å². The minimum atomic E-state index is -0.0700. The molecule has 2 rings (SSSR count). The molecule has 1 aliphatic rings. The maximum atomic E-state index is 11.6. The van der Waals surface area contributed by atoms with Crippen LogP contribution in [-0.2, 0) is 0 Å². The lowest BCUT2D eigenvalue weighted by Gasteiger charge is -2.22. The Labute approximate surface area is 87.1 Å². The maximum Gasteiger partial charge on any atom is 0.327 e. The first-order chi connectivity index (χ1) is 6.86. The lowest BCUT2D eigenvalue weighted by molar-refractivity contribution is 0.237. The van der Waals surface area contributed by atoms with E-state index < -0.39 is 0 Å². The zero-order valence-electron chi connectivity index (χ0n) is 7.85. The Hall–Kier alpha value is -0.970. The number of nitrogens with zero attached hydrogens (tertiary/aromatic N) is 2. The summed E-state index contributed by atoms with van der Waals surface area (Å²) in [4.78, 5) is 15.4. The fraction of sp³-hybridized carbons (Fsp3) is 0.556. The number of nitrogens with one attached hydrogen (secondary N) is 1. The van der Waals surface area contributed by atoms with E-state index in [-0.39, 0.29) is 6.03 Å². The van der Waals surface area contributed by atoms with Crippen LogP contribution >= 0.6 is 11.8 Å². The SMILES string of the molecule is O=C(NC1CCSCC1)n1ccnc1. The Morgan fingerprint density at radius 1 is 1.50 bits per heavy atom. The third-order valence-electron chi connectivity index (χ3n) is 2.29. The molecule has 1 fully saturated rings. The van der Waals surface area contributed by atoms with Gasteiger partial charge in [0.15, 0.2) is 0 Å². The molecule has 76 valence electrons. The van der Waals surface area contributed by atoms with E-state index in [0.717, 1.165) is 24.3 Å². The number of amides is 1. The second-order valence-corrected chi connectivity index (χ2v) is 4.53. The molecule has 2 heterocycles. The number of imidazole rings is 1. The molecule has 1 aliphatic heterocycles. The van der Waals surface area contributed by atoms with Crippen molar-refractivity contribution in [1.29, 1.82) is 0 Å². The average molecular weight is 211 g/mol. The Bertz CT molecular complexity index is 293. The molecular formula is C9H13N3OS. The van der Waals surface area contributed by atoms with E-state index >= 15 is 0 Å². The van der Waals surface area contributed by atoms with Crippen molar-refractivity contribution in [3.63, 3.8) is 0 Å². The monoisotopic (exact) mass is 211 g/mol. The van der Waals surface area contributed by atoms with Crippen molar-refractivity contribution >= 4 is 17.8 Å². The summed E-state index contributed by atoms with van der Waals surface area (Å²) in [6, 6.07) is 0.269. The van der Waals surface area contributed by atoms with Crippen LogP contribution in [-0.4, -0.2) is 33.1 Å². The quantitative estimate of drug-likeness (QED) is 0.762. The van der Waals surface area contributed by atoms with E-state index in [1.165, 1.54) is 10.9 Å². The summed E-state index contributed by atoms with van der Waals surface area (Å²) in [5.74, 6) is 2.30. The molecule has 1 saturated heterocycles. The number of hydrogen-bond donors (Lipinski definition) is 1. The summed E-state index contributed by atoms with van der Waals surface area (Å²) in [6.07, 6.45) is 6.94. The van der Waals surface area contributed by atoms with Crippen LogP contribution in [0.1, 0.15) is 12.8 Å². The van der Waals surface area contributed by atoms with Gasteiger partial charge in [-0.1, -0.05) is 0 Å². The zero-order valence-corrected chi connectivity index (χ0v) is 8.67. The van der Waals surface area contributed by atoms with Crippen LogP contribution in [0.4, 0.5) is 4.79 Å². The van der Waals surface area contributed by atoms with Crippen LogP contribution < -0.4 is 5.32 Å². The summed E-state index contributed by atoms with van der Waals surface area (Å²) in [5.41, 5.74) is 0. The Balaban J connectivity index is 1.87. The second-order valence-electron chi connectivity index (χ2n) is 3.31. The van der Waals surface area contributed by atoms with Crippen molar-refractivity contribution in [2.75, 3.05) is 11.5 Å². The van der Waals surface area contributed by atoms with Crippen molar-refractivity contribution in [2.45, 2.75) is 18.9 Å². The van der Waals surface area contributed by atoms with Crippen LogP contribution in [0, 0.1) is 0 Å². The van der Waals surface area contributed by atoms with Gasteiger partial charge in [0, 0.05) is 18.4 Å². The summed E-state index contributed by atoms with van der Waals surface area (Å²) in [7, 11) is 0. The first-order valence-corrected chi connectivity index (χ1v) is 5.88. The van der Waals surface area contributed by atoms with E-state index in [2.05, 4.69) is 10.3 Å². The lowest BCUT2D eigenvalue weighted by Crippen LogP contribution is -2.39. The molecule has 1 aromatic heterocycles. The standard InChI is InChI=1S/C9H13N3OS/c13-9(12-4-3-10-7-12)11-8-1-5-14-6-2-8/h3-4,7-8H,1-2,5-6H2,(H,11,13). The molecule has 0 saturated carbocycles. The van der Waals surface area contributed by atoms with E-state index in [9.17, 15) is 4.79 Å². The minimum absolute atomic E-state index is 0.0700. The summed E-state index contributed by atoms with van der Waals surface area (Å²) in [6.45, 7) is 0. The maximum absolute atomic E-state index is 11.6. The molecule has 0 spiro atoms. The number of aromatic nitrogens is 2. The molecule has 1 aromatic rings. The number of rotatable bonds is 1. The molecule has 1 N–H and O–H groups in total. The van der Waals surface area contributed by atoms with Gasteiger partial charge < -0.3 is 5.32 Å². The number of carbonyl (C=O) groups excluding carboxylic acids is 1.